The Labute approximate surface area is 229 Å². The van der Waals surface area contributed by atoms with Crippen molar-refractivity contribution in [3.05, 3.63) is 80.4 Å². The molecule has 1 N–H and O–H groups in total. The molecule has 2 aromatic carbocycles. The monoisotopic (exact) mass is 546 g/mol. The van der Waals surface area contributed by atoms with E-state index in [9.17, 15) is 14.9 Å². The first kappa shape index (κ1) is 25.9. The second-order valence-electron chi connectivity index (χ2n) is 10.1. The number of rotatable bonds is 8. The van der Waals surface area contributed by atoms with E-state index in [2.05, 4.69) is 30.3 Å². The molecule has 40 heavy (non-hydrogen) atoms. The number of nitrogens with zero attached hydrogens (tertiary/aromatic N) is 7. The van der Waals surface area contributed by atoms with Crippen molar-refractivity contribution in [3.8, 4) is 5.75 Å². The molecule has 6 rings (SSSR count). The van der Waals surface area contributed by atoms with Crippen LogP contribution in [0.4, 0.5) is 11.4 Å². The first-order valence-electron chi connectivity index (χ1n) is 13.3. The van der Waals surface area contributed by atoms with Crippen LogP contribution in [0.15, 0.2) is 53.3 Å². The summed E-state index contributed by atoms with van der Waals surface area (Å²) in [4.78, 5) is 31.6. The molecule has 0 aliphatic carbocycles. The van der Waals surface area contributed by atoms with Crippen LogP contribution in [0, 0.1) is 10.1 Å². The molecular formula is C27H30N8O5. The third-order valence-corrected chi connectivity index (χ3v) is 7.69. The molecule has 0 amide bonds. The number of nitrogens with one attached hydrogen (secondary N) is 1. The van der Waals surface area contributed by atoms with Gasteiger partial charge in [-0.1, -0.05) is 0 Å². The van der Waals surface area contributed by atoms with Crippen molar-refractivity contribution in [1.82, 2.24) is 30.1 Å². The molecule has 0 spiro atoms. The first-order chi connectivity index (χ1) is 19.5. The van der Waals surface area contributed by atoms with Crippen molar-refractivity contribution in [2.75, 3.05) is 44.8 Å². The van der Waals surface area contributed by atoms with Gasteiger partial charge in [-0.3, -0.25) is 19.8 Å². The van der Waals surface area contributed by atoms with Crippen LogP contribution in [0.2, 0.25) is 0 Å². The van der Waals surface area contributed by atoms with Crippen LogP contribution < -0.4 is 15.2 Å². The van der Waals surface area contributed by atoms with Gasteiger partial charge in [0.2, 0.25) is 0 Å². The fraction of sp³-hybridized carbons (Fsp3) is 0.407. The zero-order valence-corrected chi connectivity index (χ0v) is 22.1. The van der Waals surface area contributed by atoms with Crippen molar-refractivity contribution >= 4 is 22.3 Å². The van der Waals surface area contributed by atoms with E-state index in [-0.39, 0.29) is 17.4 Å². The molecule has 2 aliphatic rings. The Balaban J connectivity index is 1.33. The average Bonchev–Trinajstić information content (AvgIpc) is 3.66. The molecule has 2 aromatic heterocycles. The van der Waals surface area contributed by atoms with Gasteiger partial charge in [0.15, 0.2) is 5.82 Å². The molecule has 2 aliphatic heterocycles. The van der Waals surface area contributed by atoms with Crippen molar-refractivity contribution in [3.63, 3.8) is 0 Å². The van der Waals surface area contributed by atoms with Gasteiger partial charge in [0.25, 0.3) is 11.2 Å². The molecule has 4 heterocycles. The van der Waals surface area contributed by atoms with Crippen molar-refractivity contribution in [2.24, 2.45) is 0 Å². The lowest BCUT2D eigenvalue weighted by molar-refractivity contribution is -0.384. The highest BCUT2D eigenvalue weighted by Gasteiger charge is 2.33. The molecule has 2 atom stereocenters. The SMILES string of the molecule is COc1ccc2cc([C@@H](c3nnnn3C[C@@H]3CCCO3)N3CCN(c4ccc([N+](=O)[O-])cc4)CC3)c(=O)[nH]c2c1. The van der Waals surface area contributed by atoms with E-state index >= 15 is 0 Å². The summed E-state index contributed by atoms with van der Waals surface area (Å²) in [6.07, 6.45) is 1.98. The number of non-ortho nitro benzene ring substituents is 1. The van der Waals surface area contributed by atoms with Crippen LogP contribution >= 0.6 is 0 Å². The maximum absolute atomic E-state index is 13.5. The Bertz CT molecular complexity index is 1560. The Morgan fingerprint density at radius 2 is 1.95 bits per heavy atom. The second kappa shape index (κ2) is 11.0. The highest BCUT2D eigenvalue weighted by atomic mass is 16.6. The Morgan fingerprint density at radius 1 is 1.15 bits per heavy atom. The van der Waals surface area contributed by atoms with Crippen molar-refractivity contribution in [2.45, 2.75) is 31.5 Å². The summed E-state index contributed by atoms with van der Waals surface area (Å²) in [5.74, 6) is 1.26. The van der Waals surface area contributed by atoms with E-state index in [0.29, 0.717) is 55.4 Å². The van der Waals surface area contributed by atoms with Crippen LogP contribution in [0.1, 0.15) is 30.3 Å². The van der Waals surface area contributed by atoms with E-state index in [1.165, 1.54) is 12.1 Å². The summed E-state index contributed by atoms with van der Waals surface area (Å²) in [6, 6.07) is 13.6. The number of piperazine rings is 1. The standard InChI is InChI=1S/C27H30N8O5/c1-39-21-9-4-18-15-23(27(36)28-24(18)16-21)25(26-29-30-31-34(26)17-22-3-2-14-40-22)33-12-10-32(11-13-33)19-5-7-20(8-6-19)35(37)38/h4-9,15-16,22,25H,2-3,10-14,17H2,1H3,(H,28,36)/t22-,25-/m0/s1. The quantitative estimate of drug-likeness (QED) is 0.258. The van der Waals surface area contributed by atoms with Crippen LogP contribution in [0.5, 0.6) is 5.75 Å². The van der Waals surface area contributed by atoms with Gasteiger partial charge in [-0.05, 0) is 59.0 Å². The Kier molecular flexibility index (Phi) is 7.13. The van der Waals surface area contributed by atoms with Gasteiger partial charge in [-0.15, -0.1) is 5.10 Å². The number of hydrogen-bond donors (Lipinski definition) is 1. The summed E-state index contributed by atoms with van der Waals surface area (Å²) in [6.45, 7) is 3.85. The van der Waals surface area contributed by atoms with E-state index in [1.54, 1.807) is 30.0 Å². The lowest BCUT2D eigenvalue weighted by Crippen LogP contribution is -2.49. The maximum atomic E-state index is 13.5. The number of aromatic nitrogens is 5. The summed E-state index contributed by atoms with van der Waals surface area (Å²) < 4.78 is 12.9. The largest absolute Gasteiger partial charge is 0.497 e. The maximum Gasteiger partial charge on any atom is 0.269 e. The van der Waals surface area contributed by atoms with Crippen LogP contribution in [-0.2, 0) is 11.3 Å². The zero-order valence-electron chi connectivity index (χ0n) is 22.1. The van der Waals surface area contributed by atoms with Crippen LogP contribution in [0.3, 0.4) is 0 Å². The molecular weight excluding hydrogens is 516 g/mol. The number of tetrazole rings is 1. The molecule has 2 fully saturated rings. The zero-order chi connectivity index (χ0) is 27.6. The lowest BCUT2D eigenvalue weighted by Gasteiger charge is -2.39. The Morgan fingerprint density at radius 3 is 2.65 bits per heavy atom. The van der Waals surface area contributed by atoms with E-state index in [1.807, 2.05) is 18.2 Å². The summed E-state index contributed by atoms with van der Waals surface area (Å²) in [5, 5.41) is 24.6. The molecule has 4 aromatic rings. The molecule has 0 bridgehead atoms. The number of ether oxygens (including phenoxy) is 2. The average molecular weight is 547 g/mol. The molecule has 2 saturated heterocycles. The first-order valence-corrected chi connectivity index (χ1v) is 13.3. The third-order valence-electron chi connectivity index (χ3n) is 7.69. The normalized spacial score (nSPS) is 18.7. The van der Waals surface area contributed by atoms with Gasteiger partial charge < -0.3 is 19.4 Å². The number of aromatic amines is 1. The minimum atomic E-state index is -0.481. The van der Waals surface area contributed by atoms with Gasteiger partial charge in [-0.2, -0.15) is 0 Å². The summed E-state index contributed by atoms with van der Waals surface area (Å²) in [5.41, 5.74) is 2.02. The number of H-pyrrole nitrogens is 1. The smallest absolute Gasteiger partial charge is 0.269 e. The predicted octanol–water partition coefficient (Wildman–Crippen LogP) is 2.52. The van der Waals surface area contributed by atoms with E-state index in [4.69, 9.17) is 9.47 Å². The van der Waals surface area contributed by atoms with Gasteiger partial charge in [0.1, 0.15) is 11.8 Å². The van der Waals surface area contributed by atoms with Gasteiger partial charge in [-0.25, -0.2) is 4.68 Å². The van der Waals surface area contributed by atoms with Crippen LogP contribution in [-0.4, -0.2) is 81.0 Å². The topological polar surface area (TPSA) is 145 Å². The molecule has 208 valence electrons. The summed E-state index contributed by atoms with van der Waals surface area (Å²) in [7, 11) is 1.59. The number of nitro benzene ring substituents is 1. The number of anilines is 1. The van der Waals surface area contributed by atoms with Crippen LogP contribution in [0.25, 0.3) is 10.9 Å². The molecule has 13 nitrogen and oxygen atoms in total. The summed E-state index contributed by atoms with van der Waals surface area (Å²) >= 11 is 0. The number of pyridine rings is 1. The third kappa shape index (κ3) is 5.12. The fourth-order valence-corrected chi connectivity index (χ4v) is 5.57. The second-order valence-corrected chi connectivity index (χ2v) is 10.1. The van der Waals surface area contributed by atoms with Crippen molar-refractivity contribution < 1.29 is 14.4 Å². The lowest BCUT2D eigenvalue weighted by atomic mass is 10.0. The number of fused-ring (bicyclic) bond motifs is 1. The van der Waals surface area contributed by atoms with E-state index < -0.39 is 11.0 Å². The van der Waals surface area contributed by atoms with E-state index in [0.717, 1.165) is 30.5 Å². The van der Waals surface area contributed by atoms with Gasteiger partial charge >= 0.3 is 0 Å². The molecule has 0 radical (unpaired) electrons. The molecule has 0 unspecified atom stereocenters. The number of methoxy groups -OCH3 is 1. The number of nitro groups is 1. The van der Waals surface area contributed by atoms with Gasteiger partial charge in [0, 0.05) is 62.2 Å². The fourth-order valence-electron chi connectivity index (χ4n) is 5.57. The minimum Gasteiger partial charge on any atom is -0.497 e. The number of hydrogen-bond acceptors (Lipinski definition) is 10. The van der Waals surface area contributed by atoms with Crippen molar-refractivity contribution in [1.29, 1.82) is 0 Å². The Hall–Kier alpha value is -4.36. The minimum absolute atomic E-state index is 0.0317. The predicted molar refractivity (Wildman–Crippen MR) is 147 cm³/mol. The van der Waals surface area contributed by atoms with Gasteiger partial charge in [0.05, 0.1) is 30.2 Å². The number of benzene rings is 2. The highest BCUT2D eigenvalue weighted by Crippen LogP contribution is 2.30. The molecule has 13 heteroatoms. The highest BCUT2D eigenvalue weighted by molar-refractivity contribution is 5.80. The molecule has 0 saturated carbocycles.